The van der Waals surface area contributed by atoms with Crippen LogP contribution in [0.25, 0.3) is 0 Å². The van der Waals surface area contributed by atoms with E-state index in [4.69, 9.17) is 16.3 Å². The smallest absolute Gasteiger partial charge is 0.109 e. The molecule has 0 amide bonds. The van der Waals surface area contributed by atoms with Crippen LogP contribution in [0.1, 0.15) is 18.6 Å². The van der Waals surface area contributed by atoms with Gasteiger partial charge in [0, 0.05) is 5.02 Å². The van der Waals surface area contributed by atoms with Gasteiger partial charge in [0.15, 0.2) is 0 Å². The van der Waals surface area contributed by atoms with Gasteiger partial charge in [-0.05, 0) is 24.6 Å². The second-order valence-corrected chi connectivity index (χ2v) is 3.25. The summed E-state index contributed by atoms with van der Waals surface area (Å²) in [5, 5.41) is 0.780. The first kappa shape index (κ1) is 7.14. The van der Waals surface area contributed by atoms with Gasteiger partial charge in [-0.3, -0.25) is 0 Å². The van der Waals surface area contributed by atoms with Crippen LogP contribution in [0.5, 0.6) is 0 Å². The van der Waals surface area contributed by atoms with Crippen LogP contribution in [0, 0.1) is 0 Å². The van der Waals surface area contributed by atoms with E-state index in [1.165, 1.54) is 5.56 Å². The number of rotatable bonds is 1. The van der Waals surface area contributed by atoms with Crippen LogP contribution in [0.2, 0.25) is 5.02 Å². The summed E-state index contributed by atoms with van der Waals surface area (Å²) in [6.45, 7) is 2.07. The second kappa shape index (κ2) is 2.50. The first-order chi connectivity index (χ1) is 5.27. The zero-order valence-corrected chi connectivity index (χ0v) is 7.01. The Labute approximate surface area is 70.9 Å². The summed E-state index contributed by atoms with van der Waals surface area (Å²) in [5.41, 5.74) is 1.22. The van der Waals surface area contributed by atoms with Gasteiger partial charge in [-0.1, -0.05) is 23.7 Å². The molecule has 0 spiro atoms. The molecule has 58 valence electrons. The van der Waals surface area contributed by atoms with E-state index in [1.807, 2.05) is 24.3 Å². The summed E-state index contributed by atoms with van der Waals surface area (Å²) >= 11 is 5.73. The molecule has 1 aliphatic heterocycles. The van der Waals surface area contributed by atoms with E-state index in [-0.39, 0.29) is 0 Å². The Morgan fingerprint density at radius 3 is 2.27 bits per heavy atom. The minimum absolute atomic E-state index is 0.312. The van der Waals surface area contributed by atoms with Crippen LogP contribution < -0.4 is 0 Å². The van der Waals surface area contributed by atoms with Crippen LogP contribution in [0.4, 0.5) is 0 Å². The minimum Gasteiger partial charge on any atom is -0.365 e. The van der Waals surface area contributed by atoms with Crippen LogP contribution in [0.15, 0.2) is 24.3 Å². The average molecular weight is 169 g/mol. The molecule has 1 aliphatic rings. The highest BCUT2D eigenvalue weighted by Crippen LogP contribution is 2.38. The molecule has 1 fully saturated rings. The van der Waals surface area contributed by atoms with Crippen LogP contribution >= 0.6 is 11.6 Å². The van der Waals surface area contributed by atoms with Crippen molar-refractivity contribution < 1.29 is 4.74 Å². The number of hydrogen-bond donors (Lipinski definition) is 0. The van der Waals surface area contributed by atoms with E-state index in [0.29, 0.717) is 12.2 Å². The Morgan fingerprint density at radius 2 is 1.82 bits per heavy atom. The Balaban J connectivity index is 2.21. The van der Waals surface area contributed by atoms with Crippen molar-refractivity contribution in [2.45, 2.75) is 19.1 Å². The number of halogens is 1. The largest absolute Gasteiger partial charge is 0.365 e. The molecule has 2 atom stereocenters. The van der Waals surface area contributed by atoms with E-state index in [2.05, 4.69) is 6.92 Å². The fraction of sp³-hybridized carbons (Fsp3) is 0.333. The minimum atomic E-state index is 0.312. The van der Waals surface area contributed by atoms with Crippen molar-refractivity contribution in [2.75, 3.05) is 0 Å². The SMILES string of the molecule is C[C@H]1OC1c1ccc(Cl)cc1. The number of ether oxygens (including phenoxy) is 1. The fourth-order valence-corrected chi connectivity index (χ4v) is 1.31. The van der Waals surface area contributed by atoms with Crippen LogP contribution in [-0.2, 0) is 4.74 Å². The maximum atomic E-state index is 5.73. The van der Waals surface area contributed by atoms with Crippen molar-refractivity contribution in [3.05, 3.63) is 34.9 Å². The molecule has 0 aliphatic carbocycles. The topological polar surface area (TPSA) is 12.5 Å². The molecule has 0 radical (unpaired) electrons. The molecule has 1 heterocycles. The van der Waals surface area contributed by atoms with Crippen molar-refractivity contribution in [1.29, 1.82) is 0 Å². The van der Waals surface area contributed by atoms with E-state index in [9.17, 15) is 0 Å². The van der Waals surface area contributed by atoms with Crippen molar-refractivity contribution in [2.24, 2.45) is 0 Å². The fourth-order valence-electron chi connectivity index (χ4n) is 1.19. The van der Waals surface area contributed by atoms with E-state index < -0.39 is 0 Å². The molecule has 2 heteroatoms. The molecular weight excluding hydrogens is 160 g/mol. The summed E-state index contributed by atoms with van der Waals surface area (Å²) in [4.78, 5) is 0. The summed E-state index contributed by atoms with van der Waals surface area (Å²) in [5.74, 6) is 0. The maximum absolute atomic E-state index is 5.73. The van der Waals surface area contributed by atoms with Gasteiger partial charge < -0.3 is 4.74 Å². The summed E-state index contributed by atoms with van der Waals surface area (Å²) < 4.78 is 5.30. The van der Waals surface area contributed by atoms with Crippen molar-refractivity contribution in [1.82, 2.24) is 0 Å². The van der Waals surface area contributed by atoms with Gasteiger partial charge >= 0.3 is 0 Å². The van der Waals surface area contributed by atoms with Gasteiger partial charge in [0.25, 0.3) is 0 Å². The summed E-state index contributed by atoms with van der Waals surface area (Å²) in [6, 6.07) is 7.81. The van der Waals surface area contributed by atoms with Crippen molar-refractivity contribution in [3.63, 3.8) is 0 Å². The Morgan fingerprint density at radius 1 is 1.27 bits per heavy atom. The van der Waals surface area contributed by atoms with Crippen molar-refractivity contribution in [3.8, 4) is 0 Å². The molecule has 1 saturated heterocycles. The normalized spacial score (nSPS) is 28.5. The van der Waals surface area contributed by atoms with E-state index in [1.54, 1.807) is 0 Å². The predicted molar refractivity (Wildman–Crippen MR) is 44.7 cm³/mol. The molecular formula is C9H9ClO. The monoisotopic (exact) mass is 168 g/mol. The molecule has 0 aromatic heterocycles. The quantitative estimate of drug-likeness (QED) is 0.588. The highest BCUT2D eigenvalue weighted by atomic mass is 35.5. The molecule has 0 N–H and O–H groups in total. The molecule has 1 unspecified atom stereocenters. The van der Waals surface area contributed by atoms with Gasteiger partial charge in [-0.15, -0.1) is 0 Å². The van der Waals surface area contributed by atoms with Crippen LogP contribution in [-0.4, -0.2) is 6.10 Å². The van der Waals surface area contributed by atoms with Gasteiger partial charge in [0.1, 0.15) is 6.10 Å². The first-order valence-electron chi connectivity index (χ1n) is 3.68. The van der Waals surface area contributed by atoms with Gasteiger partial charge in [-0.2, -0.15) is 0 Å². The average Bonchev–Trinajstić information content (AvgIpc) is 2.69. The Bertz CT molecular complexity index is 255. The second-order valence-electron chi connectivity index (χ2n) is 2.81. The Kier molecular flexibility index (Phi) is 1.63. The lowest BCUT2D eigenvalue weighted by Gasteiger charge is -1.93. The lowest BCUT2D eigenvalue weighted by Crippen LogP contribution is -1.81. The molecule has 1 aromatic carbocycles. The van der Waals surface area contributed by atoms with E-state index >= 15 is 0 Å². The lowest BCUT2D eigenvalue weighted by atomic mass is 10.1. The molecule has 2 rings (SSSR count). The summed E-state index contributed by atoms with van der Waals surface area (Å²) in [7, 11) is 0. The third-order valence-corrected chi connectivity index (χ3v) is 2.16. The third kappa shape index (κ3) is 1.39. The number of epoxide rings is 1. The predicted octanol–water partition coefficient (Wildman–Crippen LogP) is 2.80. The van der Waals surface area contributed by atoms with Crippen LogP contribution in [0.3, 0.4) is 0 Å². The standard InChI is InChI=1S/C9H9ClO/c1-6-9(11-6)7-2-4-8(10)5-3-7/h2-6,9H,1H3/t6-,9?/m1/s1. The molecule has 1 nitrogen and oxygen atoms in total. The highest BCUT2D eigenvalue weighted by Gasteiger charge is 2.35. The highest BCUT2D eigenvalue weighted by molar-refractivity contribution is 6.30. The van der Waals surface area contributed by atoms with Gasteiger partial charge in [0.05, 0.1) is 6.10 Å². The molecule has 11 heavy (non-hydrogen) atoms. The number of hydrogen-bond acceptors (Lipinski definition) is 1. The number of benzene rings is 1. The van der Waals surface area contributed by atoms with Gasteiger partial charge in [-0.25, -0.2) is 0 Å². The molecule has 0 saturated carbocycles. The third-order valence-electron chi connectivity index (χ3n) is 1.91. The molecule has 0 bridgehead atoms. The first-order valence-corrected chi connectivity index (χ1v) is 4.06. The maximum Gasteiger partial charge on any atom is 0.109 e. The zero-order valence-electron chi connectivity index (χ0n) is 6.25. The van der Waals surface area contributed by atoms with Gasteiger partial charge in [0.2, 0.25) is 0 Å². The van der Waals surface area contributed by atoms with E-state index in [0.717, 1.165) is 5.02 Å². The Hall–Kier alpha value is -0.530. The lowest BCUT2D eigenvalue weighted by molar-refractivity contribution is 0.383. The van der Waals surface area contributed by atoms with Crippen molar-refractivity contribution >= 4 is 11.6 Å². The summed E-state index contributed by atoms with van der Waals surface area (Å²) in [6.07, 6.45) is 0.698. The zero-order chi connectivity index (χ0) is 7.84. The molecule has 1 aromatic rings.